The Morgan fingerprint density at radius 2 is 1.85 bits per heavy atom. The number of hydrogen-bond acceptors (Lipinski definition) is 3. The maximum Gasteiger partial charge on any atom is 0.271 e. The standard InChI is InChI=1S/C14H16Cl2N2O2/c1-9-12(15)7-11(8-13(9)16)17-14(19)10(2)18-3-5-20-6-4-18/h7-8H,2-6H2,1H3,(H,17,19). The van der Waals surface area contributed by atoms with E-state index in [1.165, 1.54) is 0 Å². The number of carbonyl (C=O) groups is 1. The molecule has 108 valence electrons. The van der Waals surface area contributed by atoms with Gasteiger partial charge >= 0.3 is 0 Å². The van der Waals surface area contributed by atoms with Crippen LogP contribution in [0, 0.1) is 6.92 Å². The van der Waals surface area contributed by atoms with Gasteiger partial charge in [-0.2, -0.15) is 0 Å². The topological polar surface area (TPSA) is 41.6 Å². The zero-order valence-corrected chi connectivity index (χ0v) is 12.7. The molecule has 1 fully saturated rings. The molecule has 1 N–H and O–H groups in total. The van der Waals surface area contributed by atoms with Gasteiger partial charge in [-0.05, 0) is 24.6 Å². The molecule has 1 aromatic carbocycles. The van der Waals surface area contributed by atoms with Crippen LogP contribution in [0.2, 0.25) is 10.0 Å². The minimum atomic E-state index is -0.261. The third kappa shape index (κ3) is 3.45. The van der Waals surface area contributed by atoms with Gasteiger partial charge in [0.2, 0.25) is 0 Å². The molecule has 0 spiro atoms. The molecule has 0 aromatic heterocycles. The molecule has 0 atom stereocenters. The van der Waals surface area contributed by atoms with Gasteiger partial charge in [-0.1, -0.05) is 29.8 Å². The van der Waals surface area contributed by atoms with Crippen LogP contribution in [0.3, 0.4) is 0 Å². The Bertz CT molecular complexity index is 517. The summed E-state index contributed by atoms with van der Waals surface area (Å²) in [7, 11) is 0. The van der Waals surface area contributed by atoms with Crippen LogP contribution in [0.5, 0.6) is 0 Å². The number of nitrogens with one attached hydrogen (secondary N) is 1. The van der Waals surface area contributed by atoms with Gasteiger partial charge in [0.25, 0.3) is 5.91 Å². The number of anilines is 1. The zero-order valence-electron chi connectivity index (χ0n) is 11.2. The summed E-state index contributed by atoms with van der Waals surface area (Å²) < 4.78 is 5.24. The molecule has 0 unspecified atom stereocenters. The Labute approximate surface area is 128 Å². The van der Waals surface area contributed by atoms with E-state index in [1.54, 1.807) is 12.1 Å². The largest absolute Gasteiger partial charge is 0.378 e. The summed E-state index contributed by atoms with van der Waals surface area (Å²) >= 11 is 12.1. The molecule has 4 nitrogen and oxygen atoms in total. The fourth-order valence-corrected chi connectivity index (χ4v) is 2.38. The SMILES string of the molecule is C=C(C(=O)Nc1cc(Cl)c(C)c(Cl)c1)N1CCOCC1. The summed E-state index contributed by atoms with van der Waals surface area (Å²) in [5, 5.41) is 3.79. The zero-order chi connectivity index (χ0) is 14.7. The number of morpholine rings is 1. The molecule has 1 saturated heterocycles. The molecule has 0 saturated carbocycles. The summed E-state index contributed by atoms with van der Waals surface area (Å²) in [5.41, 5.74) is 1.77. The first-order valence-corrected chi connectivity index (χ1v) is 7.03. The van der Waals surface area contributed by atoms with E-state index in [-0.39, 0.29) is 5.91 Å². The number of halogens is 2. The Balaban J connectivity index is 2.05. The predicted octanol–water partition coefficient (Wildman–Crippen LogP) is 3.09. The van der Waals surface area contributed by atoms with Crippen molar-refractivity contribution in [3.63, 3.8) is 0 Å². The molecule has 0 bridgehead atoms. The molecule has 1 amide bonds. The van der Waals surface area contributed by atoms with Gasteiger partial charge in [0.1, 0.15) is 0 Å². The van der Waals surface area contributed by atoms with Crippen LogP contribution in [0.1, 0.15) is 5.56 Å². The lowest BCUT2D eigenvalue weighted by Gasteiger charge is -2.29. The van der Waals surface area contributed by atoms with Gasteiger partial charge in [0.15, 0.2) is 0 Å². The number of nitrogens with zero attached hydrogens (tertiary/aromatic N) is 1. The highest BCUT2D eigenvalue weighted by molar-refractivity contribution is 6.36. The average Bonchev–Trinajstić information content (AvgIpc) is 2.44. The first-order valence-electron chi connectivity index (χ1n) is 6.27. The van der Waals surface area contributed by atoms with Gasteiger partial charge in [-0.25, -0.2) is 0 Å². The Morgan fingerprint density at radius 1 is 1.30 bits per heavy atom. The second kappa shape index (κ2) is 6.48. The lowest BCUT2D eigenvalue weighted by molar-refractivity contribution is -0.114. The highest BCUT2D eigenvalue weighted by atomic mass is 35.5. The summed E-state index contributed by atoms with van der Waals surface area (Å²) in [5.74, 6) is -0.261. The molecular formula is C14H16Cl2N2O2. The Hall–Kier alpha value is -1.23. The maximum absolute atomic E-state index is 12.1. The Morgan fingerprint density at radius 3 is 2.40 bits per heavy atom. The van der Waals surface area contributed by atoms with Gasteiger partial charge in [0.05, 0.1) is 18.9 Å². The highest BCUT2D eigenvalue weighted by Crippen LogP contribution is 2.28. The van der Waals surface area contributed by atoms with Crippen LogP contribution < -0.4 is 5.32 Å². The van der Waals surface area contributed by atoms with Crippen molar-refractivity contribution in [1.82, 2.24) is 4.90 Å². The van der Waals surface area contributed by atoms with Crippen molar-refractivity contribution in [2.45, 2.75) is 6.92 Å². The van der Waals surface area contributed by atoms with Crippen LogP contribution in [0.25, 0.3) is 0 Å². The number of ether oxygens (including phenoxy) is 1. The number of amides is 1. The normalized spacial score (nSPS) is 15.1. The smallest absolute Gasteiger partial charge is 0.271 e. The molecule has 2 rings (SSSR count). The van der Waals surface area contributed by atoms with E-state index in [2.05, 4.69) is 11.9 Å². The van der Waals surface area contributed by atoms with Crippen molar-refractivity contribution in [1.29, 1.82) is 0 Å². The molecule has 1 aliphatic rings. The summed E-state index contributed by atoms with van der Waals surface area (Å²) in [6, 6.07) is 3.35. The van der Waals surface area contributed by atoms with E-state index in [9.17, 15) is 4.79 Å². The summed E-state index contributed by atoms with van der Waals surface area (Å²) in [6.45, 7) is 8.20. The molecule has 0 aliphatic carbocycles. The lowest BCUT2D eigenvalue weighted by Crippen LogP contribution is -2.39. The molecule has 1 heterocycles. The van der Waals surface area contributed by atoms with Gasteiger partial charge < -0.3 is 15.0 Å². The van der Waals surface area contributed by atoms with Crippen molar-refractivity contribution < 1.29 is 9.53 Å². The molecular weight excluding hydrogens is 299 g/mol. The van der Waals surface area contributed by atoms with E-state index in [1.807, 2.05) is 11.8 Å². The van der Waals surface area contributed by atoms with Crippen molar-refractivity contribution in [3.05, 3.63) is 40.0 Å². The van der Waals surface area contributed by atoms with E-state index in [0.717, 1.165) is 5.56 Å². The van der Waals surface area contributed by atoms with Gasteiger partial charge in [0, 0.05) is 28.8 Å². The van der Waals surface area contributed by atoms with Gasteiger partial charge in [-0.15, -0.1) is 0 Å². The monoisotopic (exact) mass is 314 g/mol. The highest BCUT2D eigenvalue weighted by Gasteiger charge is 2.18. The van der Waals surface area contributed by atoms with Crippen LogP contribution in [0.4, 0.5) is 5.69 Å². The number of benzene rings is 1. The second-order valence-electron chi connectivity index (χ2n) is 4.57. The van der Waals surface area contributed by atoms with Crippen LogP contribution >= 0.6 is 23.2 Å². The van der Waals surface area contributed by atoms with E-state index >= 15 is 0 Å². The average molecular weight is 315 g/mol. The number of hydrogen-bond donors (Lipinski definition) is 1. The number of rotatable bonds is 3. The molecule has 1 aromatic rings. The van der Waals surface area contributed by atoms with Crippen LogP contribution in [0.15, 0.2) is 24.4 Å². The maximum atomic E-state index is 12.1. The minimum absolute atomic E-state index is 0.261. The quantitative estimate of drug-likeness (QED) is 0.872. The lowest BCUT2D eigenvalue weighted by atomic mass is 10.2. The molecule has 1 aliphatic heterocycles. The second-order valence-corrected chi connectivity index (χ2v) is 5.38. The van der Waals surface area contributed by atoms with E-state index < -0.39 is 0 Å². The first-order chi connectivity index (χ1) is 9.49. The predicted molar refractivity (Wildman–Crippen MR) is 81.4 cm³/mol. The fourth-order valence-electron chi connectivity index (χ4n) is 1.90. The van der Waals surface area contributed by atoms with E-state index in [0.29, 0.717) is 47.7 Å². The molecule has 6 heteroatoms. The first kappa shape index (κ1) is 15.2. The Kier molecular flexibility index (Phi) is 4.91. The van der Waals surface area contributed by atoms with Crippen LogP contribution in [-0.4, -0.2) is 37.1 Å². The number of carbonyl (C=O) groups excluding carboxylic acids is 1. The molecule has 0 radical (unpaired) electrons. The summed E-state index contributed by atoms with van der Waals surface area (Å²) in [6.07, 6.45) is 0. The summed E-state index contributed by atoms with van der Waals surface area (Å²) in [4.78, 5) is 14.0. The molecule has 20 heavy (non-hydrogen) atoms. The van der Waals surface area contributed by atoms with Crippen LogP contribution in [-0.2, 0) is 9.53 Å². The van der Waals surface area contributed by atoms with Crippen molar-refractivity contribution >= 4 is 34.8 Å². The third-order valence-corrected chi connectivity index (χ3v) is 3.98. The van der Waals surface area contributed by atoms with E-state index in [4.69, 9.17) is 27.9 Å². The fraction of sp³-hybridized carbons (Fsp3) is 0.357. The van der Waals surface area contributed by atoms with Crippen molar-refractivity contribution in [2.24, 2.45) is 0 Å². The van der Waals surface area contributed by atoms with Gasteiger partial charge in [-0.3, -0.25) is 4.79 Å². The van der Waals surface area contributed by atoms with Crippen molar-refractivity contribution in [3.8, 4) is 0 Å². The third-order valence-electron chi connectivity index (χ3n) is 3.19. The van der Waals surface area contributed by atoms with Crippen molar-refractivity contribution in [2.75, 3.05) is 31.6 Å². The minimum Gasteiger partial charge on any atom is -0.378 e.